The normalized spacial score (nSPS) is 30.6. The maximum Gasteiger partial charge on any atom is 0.309 e. The first kappa shape index (κ1) is 19.5. The van der Waals surface area contributed by atoms with E-state index in [4.69, 9.17) is 15.2 Å². The molecule has 30 heavy (non-hydrogen) atoms. The lowest BCUT2D eigenvalue weighted by molar-refractivity contribution is -0.190. The van der Waals surface area contributed by atoms with Crippen molar-refractivity contribution in [2.45, 2.75) is 63.4 Å². The number of carbonyl (C=O) groups excluding carboxylic acids is 1. The molecule has 0 saturated heterocycles. The zero-order valence-corrected chi connectivity index (χ0v) is 16.7. The number of imidazole rings is 1. The number of hydrogen-bond donors (Lipinski definition) is 3. The van der Waals surface area contributed by atoms with E-state index < -0.39 is 11.7 Å². The molecule has 162 valence electrons. The summed E-state index contributed by atoms with van der Waals surface area (Å²) < 4.78 is 13.2. The molecule has 0 spiro atoms. The second kappa shape index (κ2) is 7.35. The first-order valence-electron chi connectivity index (χ1n) is 10.6. The van der Waals surface area contributed by atoms with Crippen LogP contribution in [0, 0.1) is 17.8 Å². The van der Waals surface area contributed by atoms with Crippen LogP contribution in [0.3, 0.4) is 0 Å². The van der Waals surface area contributed by atoms with E-state index in [1.165, 1.54) is 30.2 Å². The maximum atomic E-state index is 12.7. The third-order valence-electron chi connectivity index (χ3n) is 6.85. The zero-order chi connectivity index (χ0) is 20.9. The smallest absolute Gasteiger partial charge is 0.309 e. The highest BCUT2D eigenvalue weighted by molar-refractivity contribution is 5.71. The Morgan fingerprint density at radius 3 is 2.60 bits per heavy atom. The van der Waals surface area contributed by atoms with Gasteiger partial charge in [0, 0.05) is 0 Å². The van der Waals surface area contributed by atoms with Crippen LogP contribution in [-0.4, -0.2) is 48.9 Å². The number of rotatable bonds is 7. The van der Waals surface area contributed by atoms with Crippen LogP contribution in [0.15, 0.2) is 11.1 Å². The van der Waals surface area contributed by atoms with E-state index >= 15 is 0 Å². The Kier molecular flexibility index (Phi) is 4.78. The third kappa shape index (κ3) is 3.58. The molecule has 6 rings (SSSR count). The van der Waals surface area contributed by atoms with E-state index in [1.54, 1.807) is 0 Å². The van der Waals surface area contributed by atoms with Gasteiger partial charge in [-0.2, -0.15) is 4.98 Å². The van der Waals surface area contributed by atoms with Crippen molar-refractivity contribution in [2.75, 3.05) is 12.3 Å². The number of anilines is 1. The topological polar surface area (TPSA) is 145 Å². The number of aliphatic hydroxyl groups excluding tert-OH is 1. The Morgan fingerprint density at radius 2 is 1.97 bits per heavy atom. The van der Waals surface area contributed by atoms with Gasteiger partial charge in [0.15, 0.2) is 11.2 Å². The van der Waals surface area contributed by atoms with Crippen LogP contribution in [0.1, 0.15) is 44.9 Å². The lowest BCUT2D eigenvalue weighted by Gasteiger charge is -2.55. The summed E-state index contributed by atoms with van der Waals surface area (Å²) >= 11 is 0. The van der Waals surface area contributed by atoms with Gasteiger partial charge in [-0.15, -0.1) is 0 Å². The van der Waals surface area contributed by atoms with Gasteiger partial charge >= 0.3 is 5.97 Å². The number of carbonyl (C=O) groups is 1. The Bertz CT molecular complexity index is 979. The maximum absolute atomic E-state index is 12.7. The predicted octanol–water partition coefficient (Wildman–Crippen LogP) is 0.939. The zero-order valence-electron chi connectivity index (χ0n) is 16.7. The highest BCUT2D eigenvalue weighted by Crippen LogP contribution is 2.57. The molecule has 2 aromatic heterocycles. The van der Waals surface area contributed by atoms with E-state index in [1.807, 2.05) is 0 Å². The highest BCUT2D eigenvalue weighted by atomic mass is 16.6. The number of hydrogen-bond acceptors (Lipinski definition) is 8. The number of aromatic amines is 1. The minimum atomic E-state index is -0.719. The number of nitrogen functional groups attached to an aromatic ring is 1. The molecule has 10 heteroatoms. The first-order valence-corrected chi connectivity index (χ1v) is 10.6. The quantitative estimate of drug-likeness (QED) is 0.564. The fraction of sp³-hybridized carbons (Fsp3) is 0.700. The average molecular weight is 417 g/mol. The molecule has 0 aromatic carbocycles. The number of aromatic nitrogens is 4. The minimum Gasteiger partial charge on any atom is -0.459 e. The van der Waals surface area contributed by atoms with Crippen molar-refractivity contribution < 1.29 is 19.4 Å². The Labute approximate surface area is 172 Å². The molecule has 0 aliphatic heterocycles. The SMILES string of the molecule is Nc1nc2c(ncn2COC(CO)CC(=O)OC23CC4CC(CC(C4)C2)C3)c(=O)[nH]1. The lowest BCUT2D eigenvalue weighted by Crippen LogP contribution is -2.53. The van der Waals surface area contributed by atoms with Crippen LogP contribution in [0.2, 0.25) is 0 Å². The second-order valence-corrected chi connectivity index (χ2v) is 9.22. The van der Waals surface area contributed by atoms with E-state index in [0.717, 1.165) is 19.3 Å². The molecule has 10 nitrogen and oxygen atoms in total. The standard InChI is InChI=1S/C20H27N5O5/c21-19-23-17-16(18(28)24-19)22-9-25(17)10-29-14(8-26)4-15(27)30-20-5-11-1-12(6-20)3-13(2-11)7-20/h9,11-14,26H,1-8,10H2,(H3,21,23,24,28). The van der Waals surface area contributed by atoms with Crippen molar-refractivity contribution >= 4 is 23.1 Å². The number of nitrogens with one attached hydrogen (secondary N) is 1. The summed E-state index contributed by atoms with van der Waals surface area (Å²) in [6.07, 6.45) is 7.41. The first-order chi connectivity index (χ1) is 14.4. The van der Waals surface area contributed by atoms with Crippen molar-refractivity contribution in [3.8, 4) is 0 Å². The number of nitrogens with two attached hydrogens (primary N) is 1. The van der Waals surface area contributed by atoms with Crippen molar-refractivity contribution in [1.29, 1.82) is 0 Å². The second-order valence-electron chi connectivity index (χ2n) is 9.22. The summed E-state index contributed by atoms with van der Waals surface area (Å²) in [4.78, 5) is 35.0. The number of esters is 1. The fourth-order valence-electron chi connectivity index (χ4n) is 6.05. The van der Waals surface area contributed by atoms with Gasteiger partial charge in [0.05, 0.1) is 25.5 Å². The summed E-state index contributed by atoms with van der Waals surface area (Å²) in [6, 6.07) is 0. The Balaban J connectivity index is 1.21. The van der Waals surface area contributed by atoms with Gasteiger partial charge in [0.1, 0.15) is 12.3 Å². The number of aliphatic hydroxyl groups is 1. The third-order valence-corrected chi connectivity index (χ3v) is 6.85. The van der Waals surface area contributed by atoms with Gasteiger partial charge in [-0.05, 0) is 56.3 Å². The molecule has 4 aliphatic rings. The molecule has 1 atom stereocenters. The van der Waals surface area contributed by atoms with Crippen LogP contribution < -0.4 is 11.3 Å². The van der Waals surface area contributed by atoms with Gasteiger partial charge in [-0.25, -0.2) is 4.98 Å². The summed E-state index contributed by atoms with van der Waals surface area (Å²) in [6.45, 7) is -0.346. The van der Waals surface area contributed by atoms with E-state index in [0.29, 0.717) is 17.8 Å². The van der Waals surface area contributed by atoms with Gasteiger partial charge < -0.3 is 20.3 Å². The molecule has 2 aromatic rings. The number of H-pyrrole nitrogens is 1. The molecule has 1 unspecified atom stereocenters. The average Bonchev–Trinajstić information content (AvgIpc) is 3.06. The van der Waals surface area contributed by atoms with Gasteiger partial charge in [-0.1, -0.05) is 0 Å². The Hall–Kier alpha value is -2.46. The summed E-state index contributed by atoms with van der Waals surface area (Å²) in [5.41, 5.74) is 5.28. The van der Waals surface area contributed by atoms with Crippen molar-refractivity contribution in [3.05, 3.63) is 16.7 Å². The number of fused-ring (bicyclic) bond motifs is 1. The van der Waals surface area contributed by atoms with E-state index in [2.05, 4.69) is 15.0 Å². The minimum absolute atomic E-state index is 0.0212. The Morgan fingerprint density at radius 1 is 1.30 bits per heavy atom. The fourth-order valence-corrected chi connectivity index (χ4v) is 6.05. The summed E-state index contributed by atoms with van der Waals surface area (Å²) in [7, 11) is 0. The molecule has 4 fully saturated rings. The molecule has 0 amide bonds. The number of ether oxygens (including phenoxy) is 2. The molecule has 4 saturated carbocycles. The predicted molar refractivity (Wildman–Crippen MR) is 106 cm³/mol. The van der Waals surface area contributed by atoms with E-state index in [-0.39, 0.29) is 48.4 Å². The monoisotopic (exact) mass is 417 g/mol. The van der Waals surface area contributed by atoms with Crippen LogP contribution in [0.5, 0.6) is 0 Å². The van der Waals surface area contributed by atoms with Gasteiger partial charge in [0.25, 0.3) is 5.56 Å². The molecular formula is C20H27N5O5. The molecular weight excluding hydrogens is 390 g/mol. The van der Waals surface area contributed by atoms with Crippen LogP contribution in [0.25, 0.3) is 11.2 Å². The van der Waals surface area contributed by atoms with Crippen LogP contribution in [-0.2, 0) is 21.0 Å². The van der Waals surface area contributed by atoms with Crippen molar-refractivity contribution in [2.24, 2.45) is 17.8 Å². The molecule has 4 N–H and O–H groups in total. The van der Waals surface area contributed by atoms with Gasteiger partial charge in [-0.3, -0.25) is 19.1 Å². The largest absolute Gasteiger partial charge is 0.459 e. The number of nitrogens with zero attached hydrogens (tertiary/aromatic N) is 3. The van der Waals surface area contributed by atoms with Crippen LogP contribution in [0.4, 0.5) is 5.95 Å². The molecule has 2 heterocycles. The van der Waals surface area contributed by atoms with Crippen molar-refractivity contribution in [3.63, 3.8) is 0 Å². The summed E-state index contributed by atoms with van der Waals surface area (Å²) in [5, 5.41) is 9.69. The molecule has 0 radical (unpaired) electrons. The highest BCUT2D eigenvalue weighted by Gasteiger charge is 2.53. The van der Waals surface area contributed by atoms with Crippen LogP contribution >= 0.6 is 0 Å². The lowest BCUT2D eigenvalue weighted by atomic mass is 9.54. The molecule has 4 aliphatic carbocycles. The summed E-state index contributed by atoms with van der Waals surface area (Å²) in [5.74, 6) is 1.71. The van der Waals surface area contributed by atoms with E-state index in [9.17, 15) is 14.7 Å². The van der Waals surface area contributed by atoms with Gasteiger partial charge in [0.2, 0.25) is 5.95 Å². The van der Waals surface area contributed by atoms with Crippen molar-refractivity contribution in [1.82, 2.24) is 19.5 Å². The molecule has 4 bridgehead atoms.